The molecule has 2 aliphatic heterocycles. The fourth-order valence-electron chi connectivity index (χ4n) is 2.67. The molecule has 0 spiro atoms. The van der Waals surface area contributed by atoms with Crippen molar-refractivity contribution in [2.24, 2.45) is 4.99 Å². The van der Waals surface area contributed by atoms with E-state index in [4.69, 9.17) is 16.0 Å². The Morgan fingerprint density at radius 2 is 2.26 bits per heavy atom. The molecule has 0 saturated heterocycles. The zero-order chi connectivity index (χ0) is 13.0. The molecule has 1 aromatic carbocycles. The highest BCUT2D eigenvalue weighted by atomic mass is 35.5. The lowest BCUT2D eigenvalue weighted by Gasteiger charge is -2.17. The maximum Gasteiger partial charge on any atom is 0.168 e. The monoisotopic (exact) mass is 290 g/mol. The number of fused-ring (bicyclic) bond motifs is 2. The average molecular weight is 291 g/mol. The van der Waals surface area contributed by atoms with Crippen LogP contribution in [0.5, 0.6) is 0 Å². The first-order chi connectivity index (χ1) is 9.25. The number of halogens is 1. The second kappa shape index (κ2) is 4.05. The van der Waals surface area contributed by atoms with Crippen molar-refractivity contribution in [1.29, 1.82) is 0 Å². The average Bonchev–Trinajstić information content (AvgIpc) is 3.05. The molecule has 2 aliphatic rings. The van der Waals surface area contributed by atoms with E-state index in [1.165, 1.54) is 16.2 Å². The number of furan rings is 1. The number of benzene rings is 1. The SMILES string of the molecule is CC1=C(c2ccc(Cl)c3occc23)N2CCN=C2S1. The second-order valence-electron chi connectivity index (χ2n) is 4.58. The van der Waals surface area contributed by atoms with Gasteiger partial charge in [0.25, 0.3) is 0 Å². The zero-order valence-corrected chi connectivity index (χ0v) is 11.9. The van der Waals surface area contributed by atoms with E-state index >= 15 is 0 Å². The van der Waals surface area contributed by atoms with E-state index in [1.807, 2.05) is 12.1 Å². The molecule has 3 heterocycles. The lowest BCUT2D eigenvalue weighted by Crippen LogP contribution is -2.20. The van der Waals surface area contributed by atoms with Crippen molar-refractivity contribution in [1.82, 2.24) is 4.90 Å². The summed E-state index contributed by atoms with van der Waals surface area (Å²) in [4.78, 5) is 8.09. The van der Waals surface area contributed by atoms with Crippen LogP contribution in [0.2, 0.25) is 5.02 Å². The number of amidine groups is 1. The number of hydrogen-bond acceptors (Lipinski definition) is 4. The summed E-state index contributed by atoms with van der Waals surface area (Å²) in [5, 5.41) is 2.83. The van der Waals surface area contributed by atoms with Gasteiger partial charge in [-0.1, -0.05) is 29.4 Å². The van der Waals surface area contributed by atoms with E-state index < -0.39 is 0 Å². The number of aliphatic imine (C=N–C) groups is 1. The summed E-state index contributed by atoms with van der Waals surface area (Å²) in [5.41, 5.74) is 3.17. The Morgan fingerprint density at radius 3 is 3.16 bits per heavy atom. The van der Waals surface area contributed by atoms with Gasteiger partial charge in [-0.2, -0.15) is 0 Å². The molecule has 0 bridgehead atoms. The van der Waals surface area contributed by atoms with Crippen molar-refractivity contribution in [2.45, 2.75) is 6.92 Å². The maximum atomic E-state index is 6.17. The van der Waals surface area contributed by atoms with Gasteiger partial charge in [0.2, 0.25) is 0 Å². The summed E-state index contributed by atoms with van der Waals surface area (Å²) in [6.07, 6.45) is 1.69. The van der Waals surface area contributed by atoms with Crippen LogP contribution in [0, 0.1) is 0 Å². The van der Waals surface area contributed by atoms with Crippen LogP contribution in [0.25, 0.3) is 16.7 Å². The molecule has 0 unspecified atom stereocenters. The van der Waals surface area contributed by atoms with Crippen molar-refractivity contribution < 1.29 is 4.42 Å². The highest BCUT2D eigenvalue weighted by molar-refractivity contribution is 8.17. The van der Waals surface area contributed by atoms with Gasteiger partial charge in [-0.15, -0.1) is 0 Å². The van der Waals surface area contributed by atoms with Crippen LogP contribution in [-0.2, 0) is 0 Å². The van der Waals surface area contributed by atoms with Crippen LogP contribution < -0.4 is 0 Å². The first-order valence-corrected chi connectivity index (χ1v) is 7.32. The minimum Gasteiger partial charge on any atom is -0.463 e. The molecule has 0 radical (unpaired) electrons. The number of thioether (sulfide) groups is 1. The molecule has 2 aromatic rings. The Hall–Kier alpha value is -1.39. The Morgan fingerprint density at radius 1 is 1.37 bits per heavy atom. The quantitative estimate of drug-likeness (QED) is 0.788. The standard InChI is InChI=1S/C14H11ClN2OS/c1-8-12(17-6-5-16-14(17)19-8)9-2-3-11(15)13-10(9)4-7-18-13/h2-4,7H,5-6H2,1H3. The Balaban J connectivity index is 1.96. The number of allylic oxidation sites excluding steroid dienone is 1. The summed E-state index contributed by atoms with van der Waals surface area (Å²) in [6.45, 7) is 3.97. The zero-order valence-electron chi connectivity index (χ0n) is 10.3. The first-order valence-electron chi connectivity index (χ1n) is 6.12. The van der Waals surface area contributed by atoms with Crippen molar-refractivity contribution >= 4 is 45.2 Å². The van der Waals surface area contributed by atoms with Crippen molar-refractivity contribution in [3.8, 4) is 0 Å². The Kier molecular flexibility index (Phi) is 2.44. The van der Waals surface area contributed by atoms with Crippen LogP contribution in [0.15, 0.2) is 38.8 Å². The molecule has 0 aliphatic carbocycles. The second-order valence-corrected chi connectivity index (χ2v) is 6.17. The minimum atomic E-state index is 0.656. The van der Waals surface area contributed by atoms with Crippen LogP contribution in [-0.4, -0.2) is 23.2 Å². The lowest BCUT2D eigenvalue weighted by molar-refractivity contribution is 0.615. The highest BCUT2D eigenvalue weighted by Crippen LogP contribution is 2.44. The molecule has 96 valence electrons. The van der Waals surface area contributed by atoms with E-state index in [0.29, 0.717) is 5.02 Å². The molecule has 4 rings (SSSR count). The predicted octanol–water partition coefficient (Wildman–Crippen LogP) is 4.19. The van der Waals surface area contributed by atoms with Gasteiger partial charge >= 0.3 is 0 Å². The van der Waals surface area contributed by atoms with E-state index in [9.17, 15) is 0 Å². The molecule has 0 fully saturated rings. The summed E-state index contributed by atoms with van der Waals surface area (Å²) in [6, 6.07) is 5.95. The van der Waals surface area contributed by atoms with Gasteiger partial charge < -0.3 is 9.32 Å². The van der Waals surface area contributed by atoms with Gasteiger partial charge in [-0.3, -0.25) is 4.99 Å². The fourth-order valence-corrected chi connectivity index (χ4v) is 3.92. The maximum absolute atomic E-state index is 6.17. The molecule has 1 aromatic heterocycles. The van der Waals surface area contributed by atoms with Gasteiger partial charge in [-0.05, 0) is 19.1 Å². The van der Waals surface area contributed by atoms with Gasteiger partial charge in [-0.25, -0.2) is 0 Å². The molecule has 0 amide bonds. The van der Waals surface area contributed by atoms with Gasteiger partial charge in [0.05, 0.1) is 23.5 Å². The highest BCUT2D eigenvalue weighted by Gasteiger charge is 2.32. The lowest BCUT2D eigenvalue weighted by atomic mass is 10.1. The molecule has 0 saturated carbocycles. The Bertz CT molecular complexity index is 747. The first kappa shape index (κ1) is 11.4. The summed E-state index contributed by atoms with van der Waals surface area (Å²) >= 11 is 7.92. The third-order valence-electron chi connectivity index (χ3n) is 3.47. The molecular formula is C14H11ClN2OS. The third kappa shape index (κ3) is 1.56. The van der Waals surface area contributed by atoms with E-state index in [1.54, 1.807) is 18.0 Å². The number of hydrogen-bond donors (Lipinski definition) is 0. The van der Waals surface area contributed by atoms with E-state index in [2.05, 4.69) is 22.9 Å². The smallest absolute Gasteiger partial charge is 0.168 e. The Labute approximate surface area is 119 Å². The van der Waals surface area contributed by atoms with Gasteiger partial charge in [0, 0.05) is 22.4 Å². The largest absolute Gasteiger partial charge is 0.463 e. The summed E-state index contributed by atoms with van der Waals surface area (Å²) < 4.78 is 5.49. The molecule has 0 atom stereocenters. The molecule has 3 nitrogen and oxygen atoms in total. The van der Waals surface area contributed by atoms with Gasteiger partial charge in [0.15, 0.2) is 10.8 Å². The van der Waals surface area contributed by atoms with Crippen molar-refractivity contribution in [3.05, 3.63) is 40.0 Å². The van der Waals surface area contributed by atoms with Crippen LogP contribution >= 0.6 is 23.4 Å². The van der Waals surface area contributed by atoms with E-state index in [0.717, 1.165) is 29.2 Å². The molecule has 19 heavy (non-hydrogen) atoms. The van der Waals surface area contributed by atoms with Crippen LogP contribution in [0.4, 0.5) is 0 Å². The molecular weight excluding hydrogens is 280 g/mol. The molecule has 5 heteroatoms. The summed E-state index contributed by atoms with van der Waals surface area (Å²) in [5.74, 6) is 0. The minimum absolute atomic E-state index is 0.656. The van der Waals surface area contributed by atoms with Crippen molar-refractivity contribution in [3.63, 3.8) is 0 Å². The topological polar surface area (TPSA) is 28.7 Å². The fraction of sp³-hybridized carbons (Fsp3) is 0.214. The predicted molar refractivity (Wildman–Crippen MR) is 80.4 cm³/mol. The van der Waals surface area contributed by atoms with Crippen LogP contribution in [0.3, 0.4) is 0 Å². The number of nitrogens with zero attached hydrogens (tertiary/aromatic N) is 2. The van der Waals surface area contributed by atoms with Crippen LogP contribution in [0.1, 0.15) is 12.5 Å². The number of rotatable bonds is 1. The summed E-state index contributed by atoms with van der Waals surface area (Å²) in [7, 11) is 0. The van der Waals surface area contributed by atoms with Gasteiger partial charge in [0.1, 0.15) is 0 Å². The molecule has 0 N–H and O–H groups in total. The normalized spacial score (nSPS) is 18.4. The third-order valence-corrected chi connectivity index (χ3v) is 4.80. The van der Waals surface area contributed by atoms with Crippen molar-refractivity contribution in [2.75, 3.05) is 13.1 Å². The van der Waals surface area contributed by atoms with E-state index in [-0.39, 0.29) is 0 Å².